The molecule has 0 radical (unpaired) electrons. The molecule has 0 bridgehead atoms. The van der Waals surface area contributed by atoms with Crippen LogP contribution in [0.5, 0.6) is 17.5 Å². The number of carbonyl (C=O) groups excluding carboxylic acids is 2. The van der Waals surface area contributed by atoms with Crippen molar-refractivity contribution in [3.8, 4) is 23.3 Å². The first-order valence-corrected chi connectivity index (χ1v) is 11.0. The van der Waals surface area contributed by atoms with E-state index in [-0.39, 0.29) is 33.4 Å². The number of esters is 2. The number of aromatic nitrogens is 4. The molecule has 0 spiro atoms. The summed E-state index contributed by atoms with van der Waals surface area (Å²) in [6.45, 7) is 0.283. The van der Waals surface area contributed by atoms with Crippen molar-refractivity contribution < 1.29 is 46.1 Å². The number of carbonyl (C=O) groups is 2. The largest absolute Gasteiger partial charge is 0.463 e. The summed E-state index contributed by atoms with van der Waals surface area (Å²) in [5.41, 5.74) is -4.62. The van der Waals surface area contributed by atoms with E-state index in [4.69, 9.17) is 21.1 Å². The van der Waals surface area contributed by atoms with Crippen molar-refractivity contribution >= 4 is 23.5 Å². The first-order chi connectivity index (χ1) is 18.3. The lowest BCUT2D eigenvalue weighted by atomic mass is 10.3. The molecule has 0 fully saturated rings. The van der Waals surface area contributed by atoms with Gasteiger partial charge in [-0.05, 0) is 19.1 Å². The van der Waals surface area contributed by atoms with Gasteiger partial charge in [-0.15, -0.1) is 0 Å². The van der Waals surface area contributed by atoms with Crippen LogP contribution in [0.2, 0.25) is 5.02 Å². The summed E-state index contributed by atoms with van der Waals surface area (Å²) in [5, 5.41) is -0.461. The van der Waals surface area contributed by atoms with Crippen molar-refractivity contribution in [2.24, 2.45) is 7.05 Å². The van der Waals surface area contributed by atoms with Crippen LogP contribution in [0, 0.1) is 5.82 Å². The Kier molecular flexibility index (Phi) is 8.90. The summed E-state index contributed by atoms with van der Waals surface area (Å²) in [7, 11) is 0.739. The van der Waals surface area contributed by atoms with Gasteiger partial charge in [0.2, 0.25) is 5.88 Å². The molecule has 0 amide bonds. The van der Waals surface area contributed by atoms with Crippen LogP contribution in [0.3, 0.4) is 0 Å². The fraction of sp³-hybridized carbons (Fsp3) is 0.273. The molecule has 208 valence electrons. The second-order valence-electron chi connectivity index (χ2n) is 7.29. The number of alkyl halides is 3. The van der Waals surface area contributed by atoms with Crippen LogP contribution in [0.1, 0.15) is 12.6 Å². The van der Waals surface area contributed by atoms with Gasteiger partial charge in [-0.25, -0.2) is 28.3 Å². The molecule has 0 saturated carbocycles. The van der Waals surface area contributed by atoms with Crippen LogP contribution in [0.25, 0.3) is 5.82 Å². The second-order valence-corrected chi connectivity index (χ2v) is 7.69. The third-order valence-electron chi connectivity index (χ3n) is 4.63. The molecule has 0 aliphatic carbocycles. The van der Waals surface area contributed by atoms with E-state index in [2.05, 4.69) is 19.4 Å². The minimum absolute atomic E-state index is 0.0635. The third-order valence-corrected chi connectivity index (χ3v) is 4.90. The minimum atomic E-state index is -5.03. The van der Waals surface area contributed by atoms with Gasteiger partial charge in [0.25, 0.3) is 11.4 Å². The van der Waals surface area contributed by atoms with Gasteiger partial charge < -0.3 is 18.9 Å². The second kappa shape index (κ2) is 11.9. The van der Waals surface area contributed by atoms with Gasteiger partial charge >= 0.3 is 23.8 Å². The van der Waals surface area contributed by atoms with Gasteiger partial charge in [0.15, 0.2) is 30.6 Å². The average molecular weight is 577 g/mol. The van der Waals surface area contributed by atoms with Gasteiger partial charge in [0.1, 0.15) is 10.7 Å². The van der Waals surface area contributed by atoms with E-state index in [0.717, 1.165) is 7.05 Å². The predicted octanol–water partition coefficient (Wildman–Crippen LogP) is 2.41. The first kappa shape index (κ1) is 29.1. The van der Waals surface area contributed by atoms with Crippen molar-refractivity contribution in [1.29, 1.82) is 0 Å². The SMILES string of the molecule is CCOC(=O)COC(=O)COc1ncccc1Oc1nc(-n2c(=O)cc(C(F)(F)F)n(C)c2=O)c(F)cc1Cl. The molecule has 12 nitrogen and oxygen atoms in total. The van der Waals surface area contributed by atoms with E-state index in [1.807, 2.05) is 0 Å². The van der Waals surface area contributed by atoms with Gasteiger partial charge in [-0.2, -0.15) is 18.2 Å². The Hall–Kier alpha value is -4.47. The number of nitrogens with zero attached hydrogens (tertiary/aromatic N) is 4. The molecule has 0 aliphatic heterocycles. The summed E-state index contributed by atoms with van der Waals surface area (Å²) in [6, 6.07) is 3.37. The Labute approximate surface area is 220 Å². The maximum Gasteiger partial charge on any atom is 0.431 e. The fourth-order valence-electron chi connectivity index (χ4n) is 2.94. The number of hydrogen-bond acceptors (Lipinski definition) is 10. The van der Waals surface area contributed by atoms with Crippen molar-refractivity contribution in [3.63, 3.8) is 0 Å². The number of rotatable bonds is 9. The van der Waals surface area contributed by atoms with Crippen LogP contribution < -0.4 is 20.7 Å². The zero-order valence-corrected chi connectivity index (χ0v) is 20.7. The Morgan fingerprint density at radius 2 is 1.77 bits per heavy atom. The average Bonchev–Trinajstić information content (AvgIpc) is 2.86. The molecular formula is C22H17ClF4N4O8. The monoisotopic (exact) mass is 576 g/mol. The normalized spacial score (nSPS) is 11.2. The van der Waals surface area contributed by atoms with Gasteiger partial charge in [-0.3, -0.25) is 9.36 Å². The Bertz CT molecular complexity index is 1520. The lowest BCUT2D eigenvalue weighted by molar-refractivity contribution is -0.159. The van der Waals surface area contributed by atoms with Crippen LogP contribution >= 0.6 is 11.6 Å². The molecule has 0 atom stereocenters. The quantitative estimate of drug-likeness (QED) is 0.275. The van der Waals surface area contributed by atoms with E-state index in [0.29, 0.717) is 6.07 Å². The molecule has 3 heterocycles. The highest BCUT2D eigenvalue weighted by Crippen LogP contribution is 2.34. The van der Waals surface area contributed by atoms with E-state index in [1.54, 1.807) is 6.92 Å². The lowest BCUT2D eigenvalue weighted by Gasteiger charge is -2.15. The molecule has 3 rings (SSSR count). The zero-order chi connectivity index (χ0) is 28.9. The highest BCUT2D eigenvalue weighted by molar-refractivity contribution is 6.31. The summed E-state index contributed by atoms with van der Waals surface area (Å²) in [4.78, 5) is 55.6. The molecule has 3 aromatic heterocycles. The maximum absolute atomic E-state index is 14.7. The summed E-state index contributed by atoms with van der Waals surface area (Å²) >= 11 is 5.99. The Morgan fingerprint density at radius 3 is 2.44 bits per heavy atom. The summed E-state index contributed by atoms with van der Waals surface area (Å²) < 4.78 is 74.3. The molecular weight excluding hydrogens is 560 g/mol. The van der Waals surface area contributed by atoms with Crippen LogP contribution in [0.15, 0.2) is 40.1 Å². The number of pyridine rings is 2. The third kappa shape index (κ3) is 6.90. The standard InChI is InChI=1S/C22H17ClF4N4O8/c1-3-36-16(33)9-37-17(34)10-38-20-13(5-4-6-28-20)39-19-11(23)7-12(24)18(29-19)31-15(32)8-14(22(25,26)27)30(2)21(31)35/h4-8H,3,9-10H2,1-2H3. The topological polar surface area (TPSA) is 141 Å². The highest BCUT2D eigenvalue weighted by Gasteiger charge is 2.35. The number of ether oxygens (including phenoxy) is 4. The zero-order valence-electron chi connectivity index (χ0n) is 20.0. The molecule has 0 aromatic carbocycles. The lowest BCUT2D eigenvalue weighted by Crippen LogP contribution is -2.41. The van der Waals surface area contributed by atoms with E-state index >= 15 is 0 Å². The summed E-state index contributed by atoms with van der Waals surface area (Å²) in [6.07, 6.45) is -3.78. The first-order valence-electron chi connectivity index (χ1n) is 10.7. The van der Waals surface area contributed by atoms with Crippen molar-refractivity contribution in [2.75, 3.05) is 19.8 Å². The van der Waals surface area contributed by atoms with E-state index in [9.17, 15) is 36.7 Å². The van der Waals surface area contributed by atoms with Gasteiger partial charge in [-0.1, -0.05) is 11.6 Å². The predicted molar refractivity (Wildman–Crippen MR) is 122 cm³/mol. The smallest absolute Gasteiger partial charge is 0.431 e. The van der Waals surface area contributed by atoms with Crippen molar-refractivity contribution in [2.45, 2.75) is 13.1 Å². The molecule has 0 N–H and O–H groups in total. The molecule has 0 unspecified atom stereocenters. The van der Waals surface area contributed by atoms with Crippen LogP contribution in [-0.2, 0) is 32.3 Å². The van der Waals surface area contributed by atoms with Gasteiger partial charge in [0.05, 0.1) is 6.61 Å². The van der Waals surface area contributed by atoms with Gasteiger partial charge in [0, 0.05) is 25.4 Å². The van der Waals surface area contributed by atoms with E-state index in [1.165, 1.54) is 18.3 Å². The number of hydrogen-bond donors (Lipinski definition) is 0. The fourth-order valence-corrected chi connectivity index (χ4v) is 3.12. The highest BCUT2D eigenvalue weighted by atomic mass is 35.5. The van der Waals surface area contributed by atoms with Crippen molar-refractivity contribution in [1.82, 2.24) is 19.1 Å². The van der Waals surface area contributed by atoms with Crippen LogP contribution in [-0.4, -0.2) is 50.9 Å². The molecule has 0 aliphatic rings. The van der Waals surface area contributed by atoms with Crippen molar-refractivity contribution in [3.05, 3.63) is 67.8 Å². The molecule has 3 aromatic rings. The summed E-state index contributed by atoms with van der Waals surface area (Å²) in [5.74, 6) is -5.18. The Morgan fingerprint density at radius 1 is 1.08 bits per heavy atom. The van der Waals surface area contributed by atoms with Crippen LogP contribution in [0.4, 0.5) is 17.6 Å². The number of halogens is 5. The van der Waals surface area contributed by atoms with E-state index < -0.39 is 70.8 Å². The molecule has 0 saturated heterocycles. The maximum atomic E-state index is 14.7. The molecule has 39 heavy (non-hydrogen) atoms. The Balaban J connectivity index is 1.90. The minimum Gasteiger partial charge on any atom is -0.463 e. The molecule has 17 heteroatoms.